The Bertz CT molecular complexity index is 1290. The molecule has 0 aromatic carbocycles. The van der Waals surface area contributed by atoms with Gasteiger partial charge in [-0.05, 0) is 57.8 Å². The molecule has 0 aliphatic carbocycles. The van der Waals surface area contributed by atoms with Crippen LogP contribution in [-0.4, -0.2) is 68.5 Å². The third-order valence-corrected chi connectivity index (χ3v) is 13.7. The van der Waals surface area contributed by atoms with Gasteiger partial charge in [0.05, 0.1) is 39.9 Å². The summed E-state index contributed by atoms with van der Waals surface area (Å²) in [5, 5.41) is 13.9. The lowest BCUT2D eigenvalue weighted by Gasteiger charge is -2.30. The Morgan fingerprint density at radius 2 is 0.897 bits per heavy atom. The van der Waals surface area contributed by atoms with Gasteiger partial charge in [-0.25, -0.2) is 0 Å². The Kier molecular flexibility index (Phi) is 48.8. The molecule has 0 aromatic rings. The van der Waals surface area contributed by atoms with E-state index in [0.29, 0.717) is 23.9 Å². The number of aliphatic hydroxyl groups is 1. The van der Waals surface area contributed by atoms with Crippen LogP contribution in [0.5, 0.6) is 0 Å². The molecule has 0 fully saturated rings. The largest absolute Gasteiger partial charge is 0.756 e. The van der Waals surface area contributed by atoms with Crippen LogP contribution >= 0.6 is 7.82 Å². The monoisotopic (exact) mass is 975 g/mol. The highest BCUT2D eigenvalue weighted by atomic mass is 31.2. The fraction of sp³-hybridized carbons (Fsp3) is 0.814. The average molecular weight is 976 g/mol. The number of nitrogens with one attached hydrogen (secondary N) is 1. The Labute approximate surface area is 422 Å². The van der Waals surface area contributed by atoms with Crippen LogP contribution in [0.2, 0.25) is 0 Å². The Hall–Kier alpha value is -1.80. The summed E-state index contributed by atoms with van der Waals surface area (Å²) in [5.41, 5.74) is 0. The van der Waals surface area contributed by atoms with Crippen LogP contribution < -0.4 is 10.2 Å². The van der Waals surface area contributed by atoms with Crippen molar-refractivity contribution >= 4 is 13.7 Å². The molecule has 8 nitrogen and oxygen atoms in total. The fourth-order valence-electron chi connectivity index (χ4n) is 8.30. The van der Waals surface area contributed by atoms with Crippen molar-refractivity contribution in [1.82, 2.24) is 5.32 Å². The predicted molar refractivity (Wildman–Crippen MR) is 293 cm³/mol. The zero-order valence-corrected chi connectivity index (χ0v) is 46.2. The van der Waals surface area contributed by atoms with E-state index in [4.69, 9.17) is 9.05 Å². The van der Waals surface area contributed by atoms with Crippen LogP contribution in [-0.2, 0) is 18.4 Å². The van der Waals surface area contributed by atoms with Gasteiger partial charge in [0.1, 0.15) is 13.2 Å². The molecule has 0 bridgehead atoms. The normalized spacial score (nSPS) is 14.4. The number of likely N-dealkylation sites (N-methyl/N-ethyl adjacent to an activating group) is 1. The van der Waals surface area contributed by atoms with Gasteiger partial charge in [0, 0.05) is 6.42 Å². The molecule has 0 spiro atoms. The van der Waals surface area contributed by atoms with Crippen LogP contribution in [0, 0.1) is 0 Å². The van der Waals surface area contributed by atoms with E-state index < -0.39 is 20.0 Å². The second-order valence-corrected chi connectivity index (χ2v) is 22.0. The topological polar surface area (TPSA) is 108 Å². The standard InChI is InChI=1S/C59H111N2O6P/c1-6-8-10-12-14-16-18-19-20-21-22-23-24-25-26-27-28-29-30-31-32-33-34-35-36-37-38-39-40-41-43-45-47-49-51-53-59(63)60-57(56-67-68(64,65)66-55-54-61(3,4)5)58(62)52-50-48-46-44-42-17-15-13-11-9-7-2/h8,10,14,16,19-20,22-23,25-26,57-58,62H,6-7,9,11-13,15,17-18,21,24,27-56H2,1-5H3,(H-,60,63,64,65)/b10-8-,16-14-,20-19-,23-22-,26-25-. The summed E-state index contributed by atoms with van der Waals surface area (Å²) < 4.78 is 23.3. The first-order valence-electron chi connectivity index (χ1n) is 28.6. The van der Waals surface area contributed by atoms with Crippen LogP contribution in [0.1, 0.15) is 258 Å². The van der Waals surface area contributed by atoms with Gasteiger partial charge >= 0.3 is 0 Å². The molecular weight excluding hydrogens is 864 g/mol. The zero-order valence-electron chi connectivity index (χ0n) is 45.3. The first kappa shape index (κ1) is 66.2. The minimum Gasteiger partial charge on any atom is -0.756 e. The number of carbonyl (C=O) groups is 1. The molecule has 0 aliphatic rings. The summed E-state index contributed by atoms with van der Waals surface area (Å²) in [4.78, 5) is 25.4. The first-order valence-corrected chi connectivity index (χ1v) is 30.1. The molecule has 0 aromatic heterocycles. The van der Waals surface area contributed by atoms with E-state index >= 15 is 0 Å². The lowest BCUT2D eigenvalue weighted by Crippen LogP contribution is -2.46. The van der Waals surface area contributed by atoms with Crippen molar-refractivity contribution < 1.29 is 32.9 Å². The van der Waals surface area contributed by atoms with Crippen molar-refractivity contribution in [2.24, 2.45) is 0 Å². The van der Waals surface area contributed by atoms with Crippen molar-refractivity contribution in [3.05, 3.63) is 60.8 Å². The highest BCUT2D eigenvalue weighted by Gasteiger charge is 2.24. The number of rotatable bonds is 52. The van der Waals surface area contributed by atoms with Crippen LogP contribution in [0.3, 0.4) is 0 Å². The van der Waals surface area contributed by atoms with Crippen LogP contribution in [0.4, 0.5) is 0 Å². The molecule has 0 saturated carbocycles. The minimum atomic E-state index is -4.57. The van der Waals surface area contributed by atoms with E-state index in [2.05, 4.69) is 79.9 Å². The number of phosphoric ester groups is 1. The van der Waals surface area contributed by atoms with E-state index in [0.717, 1.165) is 70.6 Å². The smallest absolute Gasteiger partial charge is 0.268 e. The van der Waals surface area contributed by atoms with Crippen LogP contribution in [0.25, 0.3) is 0 Å². The average Bonchev–Trinajstić information content (AvgIpc) is 3.30. The summed E-state index contributed by atoms with van der Waals surface area (Å²) in [6, 6.07) is -0.799. The number of hydrogen-bond donors (Lipinski definition) is 2. The lowest BCUT2D eigenvalue weighted by molar-refractivity contribution is -0.870. The molecule has 398 valence electrons. The first-order chi connectivity index (χ1) is 33.0. The summed E-state index contributed by atoms with van der Waals surface area (Å²) >= 11 is 0. The number of phosphoric acid groups is 1. The molecule has 0 rings (SSSR count). The molecular formula is C59H111N2O6P. The lowest BCUT2D eigenvalue weighted by atomic mass is 10.0. The molecule has 1 amide bonds. The number of aliphatic hydroxyl groups excluding tert-OH is 1. The Balaban J connectivity index is 3.93. The maximum atomic E-state index is 12.9. The maximum Gasteiger partial charge on any atom is 0.268 e. The second kappa shape index (κ2) is 50.2. The third kappa shape index (κ3) is 52.0. The number of hydrogen-bond acceptors (Lipinski definition) is 6. The van der Waals surface area contributed by atoms with Gasteiger partial charge in [0.15, 0.2) is 0 Å². The predicted octanol–water partition coefficient (Wildman–Crippen LogP) is 16.7. The number of allylic oxidation sites excluding steroid dienone is 10. The quantitative estimate of drug-likeness (QED) is 0.0272. The molecule has 3 atom stereocenters. The van der Waals surface area contributed by atoms with E-state index in [1.165, 1.54) is 161 Å². The molecule has 0 aliphatic heterocycles. The van der Waals surface area contributed by atoms with Gasteiger partial charge in [-0.2, -0.15) is 0 Å². The molecule has 0 heterocycles. The third-order valence-electron chi connectivity index (χ3n) is 12.8. The number of nitrogens with zero attached hydrogens (tertiary/aromatic N) is 1. The SMILES string of the molecule is CC/C=C\C/C=C\C/C=C\C/C=C\C/C=C\CCCCCCCCCCCCCCCCCCCCCC(=O)NC(COP(=O)([O-])OCC[N+](C)(C)C)C(O)CCCCCCCCCCCCC. The molecule has 0 saturated heterocycles. The Morgan fingerprint density at radius 1 is 0.529 bits per heavy atom. The van der Waals surface area contributed by atoms with E-state index in [1.54, 1.807) is 0 Å². The molecule has 9 heteroatoms. The van der Waals surface area contributed by atoms with Crippen molar-refractivity contribution in [3.8, 4) is 0 Å². The van der Waals surface area contributed by atoms with Crippen molar-refractivity contribution in [1.29, 1.82) is 0 Å². The molecule has 2 N–H and O–H groups in total. The molecule has 3 unspecified atom stereocenters. The van der Waals surface area contributed by atoms with Gasteiger partial charge in [-0.3, -0.25) is 9.36 Å². The van der Waals surface area contributed by atoms with Gasteiger partial charge < -0.3 is 28.8 Å². The summed E-state index contributed by atoms with van der Waals surface area (Å²) in [7, 11) is 1.31. The van der Waals surface area contributed by atoms with E-state index in [1.807, 2.05) is 21.1 Å². The van der Waals surface area contributed by atoms with Crippen LogP contribution in [0.15, 0.2) is 60.8 Å². The van der Waals surface area contributed by atoms with Gasteiger partial charge in [0.25, 0.3) is 7.82 Å². The summed E-state index contributed by atoms with van der Waals surface area (Å²) in [5.74, 6) is -0.164. The van der Waals surface area contributed by atoms with E-state index in [9.17, 15) is 19.4 Å². The van der Waals surface area contributed by atoms with Crippen molar-refractivity contribution in [2.45, 2.75) is 270 Å². The Morgan fingerprint density at radius 3 is 1.31 bits per heavy atom. The summed E-state index contributed by atoms with van der Waals surface area (Å²) in [6.45, 7) is 4.61. The maximum absolute atomic E-state index is 12.9. The zero-order chi connectivity index (χ0) is 49.9. The minimum absolute atomic E-state index is 0.0123. The van der Waals surface area contributed by atoms with Crippen molar-refractivity contribution in [3.63, 3.8) is 0 Å². The molecule has 0 radical (unpaired) electrons. The van der Waals surface area contributed by atoms with Crippen molar-refractivity contribution in [2.75, 3.05) is 40.9 Å². The molecule has 68 heavy (non-hydrogen) atoms. The number of unbranched alkanes of at least 4 members (excludes halogenated alkanes) is 29. The van der Waals surface area contributed by atoms with Gasteiger partial charge in [0.2, 0.25) is 5.91 Å². The summed E-state index contributed by atoms with van der Waals surface area (Å²) in [6.07, 6.45) is 67.0. The number of quaternary nitrogens is 1. The fourth-order valence-corrected chi connectivity index (χ4v) is 9.03. The number of carbonyl (C=O) groups excluding carboxylic acids is 1. The second-order valence-electron chi connectivity index (χ2n) is 20.6. The van der Waals surface area contributed by atoms with Gasteiger partial charge in [-0.1, -0.05) is 254 Å². The number of amides is 1. The van der Waals surface area contributed by atoms with E-state index in [-0.39, 0.29) is 19.1 Å². The van der Waals surface area contributed by atoms with Gasteiger partial charge in [-0.15, -0.1) is 0 Å². The highest BCUT2D eigenvalue weighted by molar-refractivity contribution is 7.45. The highest BCUT2D eigenvalue weighted by Crippen LogP contribution is 2.38.